The Balaban J connectivity index is 3.44. The zero-order valence-electron chi connectivity index (χ0n) is 7.23. The average Bonchev–Trinajstić information content (AvgIpc) is 2.16. The van der Waals surface area contributed by atoms with Crippen molar-refractivity contribution in [3.8, 4) is 0 Å². The quantitative estimate of drug-likeness (QED) is 0.322. The smallest absolute Gasteiger partial charge is 0.209 e. The van der Waals surface area contributed by atoms with Crippen molar-refractivity contribution in [1.82, 2.24) is 15.5 Å². The van der Waals surface area contributed by atoms with E-state index in [0.29, 0.717) is 45.4 Å². The van der Waals surface area contributed by atoms with Gasteiger partial charge in [-0.15, -0.1) is 0 Å². The molecule has 0 aliphatic carbocycles. The fraction of sp³-hybridized carbons (Fsp3) is 0.571. The van der Waals surface area contributed by atoms with E-state index in [-0.39, 0.29) is 0 Å². The SMILES string of the molecule is O=CNCCN(C=O)CCNC=O. The Morgan fingerprint density at radius 1 is 0.923 bits per heavy atom. The van der Waals surface area contributed by atoms with Crippen LogP contribution in [0.5, 0.6) is 0 Å². The third-order valence-electron chi connectivity index (χ3n) is 1.40. The fourth-order valence-corrected chi connectivity index (χ4v) is 0.751. The summed E-state index contributed by atoms with van der Waals surface area (Å²) in [6.45, 7) is 1.73. The van der Waals surface area contributed by atoms with E-state index in [2.05, 4.69) is 10.6 Å². The van der Waals surface area contributed by atoms with Crippen LogP contribution in [0.3, 0.4) is 0 Å². The topological polar surface area (TPSA) is 78.5 Å². The molecule has 6 heteroatoms. The van der Waals surface area contributed by atoms with Gasteiger partial charge in [0.05, 0.1) is 0 Å². The second-order valence-electron chi connectivity index (χ2n) is 2.29. The highest BCUT2D eigenvalue weighted by Gasteiger charge is 1.98. The highest BCUT2D eigenvalue weighted by Crippen LogP contribution is 1.78. The Hall–Kier alpha value is -1.59. The molecule has 0 aliphatic rings. The molecule has 0 aromatic heterocycles. The van der Waals surface area contributed by atoms with Gasteiger partial charge in [-0.1, -0.05) is 0 Å². The molecule has 0 saturated heterocycles. The lowest BCUT2D eigenvalue weighted by atomic mass is 10.5. The first-order valence-electron chi connectivity index (χ1n) is 3.88. The largest absolute Gasteiger partial charge is 0.357 e. The van der Waals surface area contributed by atoms with E-state index >= 15 is 0 Å². The Kier molecular flexibility index (Phi) is 7.47. The van der Waals surface area contributed by atoms with E-state index in [1.54, 1.807) is 0 Å². The molecule has 6 nitrogen and oxygen atoms in total. The molecule has 0 heterocycles. The molecule has 0 fully saturated rings. The third-order valence-corrected chi connectivity index (χ3v) is 1.40. The molecule has 74 valence electrons. The van der Waals surface area contributed by atoms with Gasteiger partial charge in [0.15, 0.2) is 0 Å². The molecule has 3 amide bonds. The minimum atomic E-state index is 0.420. The van der Waals surface area contributed by atoms with Crippen LogP contribution in [0.4, 0.5) is 0 Å². The number of rotatable bonds is 9. The molecule has 0 saturated carbocycles. The van der Waals surface area contributed by atoms with Gasteiger partial charge in [-0.3, -0.25) is 14.4 Å². The van der Waals surface area contributed by atoms with Crippen LogP contribution in [0.1, 0.15) is 0 Å². The second-order valence-corrected chi connectivity index (χ2v) is 2.29. The van der Waals surface area contributed by atoms with Crippen molar-refractivity contribution in [1.29, 1.82) is 0 Å². The predicted molar refractivity (Wildman–Crippen MR) is 45.8 cm³/mol. The molecule has 0 aromatic rings. The van der Waals surface area contributed by atoms with Gasteiger partial charge in [-0.25, -0.2) is 0 Å². The monoisotopic (exact) mass is 187 g/mol. The van der Waals surface area contributed by atoms with Crippen molar-refractivity contribution in [3.63, 3.8) is 0 Å². The summed E-state index contributed by atoms with van der Waals surface area (Å²) in [6, 6.07) is 0. The molecule has 0 aromatic carbocycles. The number of hydrogen-bond donors (Lipinski definition) is 2. The van der Waals surface area contributed by atoms with Crippen LogP contribution in [0.15, 0.2) is 0 Å². The van der Waals surface area contributed by atoms with E-state index in [1.165, 1.54) is 4.90 Å². The average molecular weight is 187 g/mol. The number of carbonyl (C=O) groups excluding carboxylic acids is 3. The number of nitrogens with one attached hydrogen (secondary N) is 2. The molecule has 0 atom stereocenters. The van der Waals surface area contributed by atoms with E-state index in [4.69, 9.17) is 0 Å². The first kappa shape index (κ1) is 11.4. The molecule has 0 radical (unpaired) electrons. The summed E-state index contributed by atoms with van der Waals surface area (Å²) in [5, 5.41) is 4.86. The van der Waals surface area contributed by atoms with Crippen LogP contribution >= 0.6 is 0 Å². The second kappa shape index (κ2) is 8.51. The molecular weight excluding hydrogens is 174 g/mol. The lowest BCUT2D eigenvalue weighted by molar-refractivity contribution is -0.119. The predicted octanol–water partition coefficient (Wildman–Crippen LogP) is -2.06. The van der Waals surface area contributed by atoms with Gasteiger partial charge in [0.1, 0.15) is 0 Å². The van der Waals surface area contributed by atoms with Gasteiger partial charge >= 0.3 is 0 Å². The first-order chi connectivity index (χ1) is 6.35. The summed E-state index contributed by atoms with van der Waals surface area (Å²) in [5.74, 6) is 0. The molecular formula is C7H13N3O3. The summed E-state index contributed by atoms with van der Waals surface area (Å²) in [6.07, 6.45) is 1.83. The van der Waals surface area contributed by atoms with Crippen molar-refractivity contribution in [2.75, 3.05) is 26.2 Å². The van der Waals surface area contributed by atoms with Gasteiger partial charge in [-0.05, 0) is 0 Å². The van der Waals surface area contributed by atoms with Crippen molar-refractivity contribution in [2.24, 2.45) is 0 Å². The van der Waals surface area contributed by atoms with Crippen LogP contribution in [0.2, 0.25) is 0 Å². The standard InChI is InChI=1S/C7H13N3O3/c11-5-8-1-3-10(7-13)4-2-9-6-12/h5-7H,1-4H2,(H,8,11)(H,9,12). The van der Waals surface area contributed by atoms with Crippen molar-refractivity contribution < 1.29 is 14.4 Å². The van der Waals surface area contributed by atoms with Gasteiger partial charge in [-0.2, -0.15) is 0 Å². The van der Waals surface area contributed by atoms with Crippen LogP contribution < -0.4 is 10.6 Å². The summed E-state index contributed by atoms with van der Waals surface area (Å²) in [7, 11) is 0. The van der Waals surface area contributed by atoms with E-state index in [0.717, 1.165) is 0 Å². The number of hydrogen-bond acceptors (Lipinski definition) is 3. The summed E-state index contributed by atoms with van der Waals surface area (Å²) >= 11 is 0. The first-order valence-corrected chi connectivity index (χ1v) is 3.88. The molecule has 0 rings (SSSR count). The highest BCUT2D eigenvalue weighted by atomic mass is 16.1. The minimum Gasteiger partial charge on any atom is -0.357 e. The maximum atomic E-state index is 10.4. The lowest BCUT2D eigenvalue weighted by Crippen LogP contribution is -2.35. The van der Waals surface area contributed by atoms with E-state index in [1.807, 2.05) is 0 Å². The molecule has 13 heavy (non-hydrogen) atoms. The Morgan fingerprint density at radius 2 is 1.38 bits per heavy atom. The Bertz CT molecular complexity index is 149. The Morgan fingerprint density at radius 3 is 1.69 bits per heavy atom. The number of carbonyl (C=O) groups is 3. The summed E-state index contributed by atoms with van der Waals surface area (Å²) in [5.41, 5.74) is 0. The lowest BCUT2D eigenvalue weighted by Gasteiger charge is -2.15. The van der Waals surface area contributed by atoms with Gasteiger partial charge in [0.25, 0.3) is 0 Å². The molecule has 2 N–H and O–H groups in total. The van der Waals surface area contributed by atoms with Crippen LogP contribution in [-0.4, -0.2) is 50.3 Å². The van der Waals surface area contributed by atoms with Crippen LogP contribution in [-0.2, 0) is 14.4 Å². The van der Waals surface area contributed by atoms with Crippen molar-refractivity contribution >= 4 is 19.2 Å². The third kappa shape index (κ3) is 6.79. The minimum absolute atomic E-state index is 0.420. The van der Waals surface area contributed by atoms with Gasteiger partial charge < -0.3 is 15.5 Å². The molecule has 0 spiro atoms. The maximum Gasteiger partial charge on any atom is 0.209 e. The van der Waals surface area contributed by atoms with Crippen LogP contribution in [0.25, 0.3) is 0 Å². The summed E-state index contributed by atoms with van der Waals surface area (Å²) < 4.78 is 0. The van der Waals surface area contributed by atoms with E-state index in [9.17, 15) is 14.4 Å². The Labute approximate surface area is 76.3 Å². The molecule has 0 unspecified atom stereocenters. The van der Waals surface area contributed by atoms with Crippen LogP contribution in [0, 0.1) is 0 Å². The normalized spacial score (nSPS) is 8.62. The zero-order valence-corrected chi connectivity index (χ0v) is 7.23. The number of amides is 3. The highest BCUT2D eigenvalue weighted by molar-refractivity contribution is 5.49. The van der Waals surface area contributed by atoms with Gasteiger partial charge in [0, 0.05) is 26.2 Å². The number of nitrogens with zero attached hydrogens (tertiary/aromatic N) is 1. The van der Waals surface area contributed by atoms with Crippen molar-refractivity contribution in [2.45, 2.75) is 0 Å². The summed E-state index contributed by atoms with van der Waals surface area (Å²) in [4.78, 5) is 31.6. The maximum absolute atomic E-state index is 10.4. The zero-order chi connectivity index (χ0) is 9.94. The van der Waals surface area contributed by atoms with E-state index < -0.39 is 0 Å². The van der Waals surface area contributed by atoms with Crippen molar-refractivity contribution in [3.05, 3.63) is 0 Å². The fourth-order valence-electron chi connectivity index (χ4n) is 0.751. The molecule has 0 aliphatic heterocycles. The van der Waals surface area contributed by atoms with Gasteiger partial charge in [0.2, 0.25) is 19.2 Å². The molecule has 0 bridgehead atoms.